The summed E-state index contributed by atoms with van der Waals surface area (Å²) in [7, 11) is 0. The molecule has 0 heterocycles. The number of nitrogens with zero attached hydrogens (tertiary/aromatic N) is 2. The second kappa shape index (κ2) is 6.45. The van der Waals surface area contributed by atoms with Gasteiger partial charge in [-0.3, -0.25) is 10.1 Å². The van der Waals surface area contributed by atoms with Crippen LogP contribution >= 0.6 is 12.2 Å². The summed E-state index contributed by atoms with van der Waals surface area (Å²) in [5.74, 6) is 0. The van der Waals surface area contributed by atoms with Gasteiger partial charge in [0.2, 0.25) is 0 Å². The fraction of sp³-hybridized carbons (Fsp3) is 0. The number of nitro benzene ring substituents is 1. The lowest BCUT2D eigenvalue weighted by Crippen LogP contribution is -2.19. The van der Waals surface area contributed by atoms with Gasteiger partial charge in [-0.2, -0.15) is 5.26 Å². The van der Waals surface area contributed by atoms with E-state index in [0.29, 0.717) is 22.1 Å². The van der Waals surface area contributed by atoms with Crippen molar-refractivity contribution < 1.29 is 4.92 Å². The smallest absolute Gasteiger partial charge is 0.269 e. The second-order valence-electron chi connectivity index (χ2n) is 4.08. The maximum Gasteiger partial charge on any atom is 0.269 e. The van der Waals surface area contributed by atoms with E-state index in [4.69, 9.17) is 17.5 Å². The van der Waals surface area contributed by atoms with Crippen molar-refractivity contribution in [1.29, 1.82) is 5.26 Å². The van der Waals surface area contributed by atoms with E-state index in [0.717, 1.165) is 0 Å². The molecule has 0 saturated heterocycles. The Morgan fingerprint density at radius 3 is 2.43 bits per heavy atom. The molecule has 0 saturated carbocycles. The molecule has 0 aliphatic heterocycles. The predicted octanol–water partition coefficient (Wildman–Crippen LogP) is 3.28. The Hall–Kier alpha value is -2.98. The summed E-state index contributed by atoms with van der Waals surface area (Å²) in [5, 5.41) is 25.6. The van der Waals surface area contributed by atoms with E-state index < -0.39 is 4.92 Å². The minimum atomic E-state index is -0.465. The number of hydrogen-bond donors (Lipinski definition) is 2. The molecule has 0 amide bonds. The Bertz CT molecular complexity index is 722. The monoisotopic (exact) mass is 298 g/mol. The summed E-state index contributed by atoms with van der Waals surface area (Å²) in [6.07, 6.45) is 0. The van der Waals surface area contributed by atoms with E-state index in [1.54, 1.807) is 36.4 Å². The molecule has 21 heavy (non-hydrogen) atoms. The average molecular weight is 298 g/mol. The molecular formula is C14H10N4O2S. The number of thiocarbonyl (C=S) groups is 1. The van der Waals surface area contributed by atoms with Gasteiger partial charge >= 0.3 is 0 Å². The van der Waals surface area contributed by atoms with Crippen LogP contribution in [0.25, 0.3) is 0 Å². The molecule has 0 aliphatic carbocycles. The number of non-ortho nitro benzene ring substituents is 1. The quantitative estimate of drug-likeness (QED) is 0.513. The third-order valence-electron chi connectivity index (χ3n) is 2.59. The molecule has 0 aliphatic rings. The lowest BCUT2D eigenvalue weighted by molar-refractivity contribution is -0.384. The van der Waals surface area contributed by atoms with Gasteiger partial charge in [0, 0.05) is 23.5 Å². The largest absolute Gasteiger partial charge is 0.332 e. The molecule has 0 atom stereocenters. The highest BCUT2D eigenvalue weighted by Gasteiger charge is 2.05. The molecule has 2 aromatic rings. The molecular weight excluding hydrogens is 288 g/mol. The summed E-state index contributed by atoms with van der Waals surface area (Å²) in [6, 6.07) is 14.8. The molecule has 0 unspecified atom stereocenters. The van der Waals surface area contributed by atoms with Gasteiger partial charge in [-0.05, 0) is 42.5 Å². The van der Waals surface area contributed by atoms with Crippen LogP contribution in [-0.2, 0) is 0 Å². The van der Waals surface area contributed by atoms with Crippen LogP contribution in [0.15, 0.2) is 48.5 Å². The zero-order valence-corrected chi connectivity index (χ0v) is 11.6. The molecule has 104 valence electrons. The SMILES string of the molecule is N#Cc1cccc(NC(=S)Nc2ccc([N+](=O)[O-])cc2)c1. The second-order valence-corrected chi connectivity index (χ2v) is 4.48. The van der Waals surface area contributed by atoms with Crippen molar-refractivity contribution in [3.63, 3.8) is 0 Å². The number of nitrogens with one attached hydrogen (secondary N) is 2. The molecule has 2 aromatic carbocycles. The minimum absolute atomic E-state index is 0.0150. The molecule has 0 spiro atoms. The number of anilines is 2. The third-order valence-corrected chi connectivity index (χ3v) is 2.79. The Kier molecular flexibility index (Phi) is 4.43. The molecule has 0 aromatic heterocycles. The van der Waals surface area contributed by atoms with Crippen molar-refractivity contribution in [1.82, 2.24) is 0 Å². The summed E-state index contributed by atoms with van der Waals surface area (Å²) in [5.41, 5.74) is 1.86. The molecule has 2 N–H and O–H groups in total. The highest BCUT2D eigenvalue weighted by atomic mass is 32.1. The van der Waals surface area contributed by atoms with Crippen LogP contribution in [0.4, 0.5) is 17.1 Å². The van der Waals surface area contributed by atoms with E-state index in [9.17, 15) is 10.1 Å². The summed E-state index contributed by atoms with van der Waals surface area (Å²) < 4.78 is 0. The Balaban J connectivity index is 2.01. The van der Waals surface area contributed by atoms with Crippen molar-refractivity contribution in [3.05, 3.63) is 64.2 Å². The van der Waals surface area contributed by atoms with Crippen LogP contribution in [0, 0.1) is 21.4 Å². The first-order valence-corrected chi connectivity index (χ1v) is 6.32. The van der Waals surface area contributed by atoms with Gasteiger partial charge in [-0.1, -0.05) is 6.07 Å². The summed E-state index contributed by atoms with van der Waals surface area (Å²) in [4.78, 5) is 10.1. The number of benzene rings is 2. The van der Waals surface area contributed by atoms with Crippen LogP contribution in [0.5, 0.6) is 0 Å². The molecule has 6 nitrogen and oxygen atoms in total. The fourth-order valence-corrected chi connectivity index (χ4v) is 1.86. The van der Waals surface area contributed by atoms with Crippen molar-refractivity contribution in [3.8, 4) is 6.07 Å². The lowest BCUT2D eigenvalue weighted by atomic mass is 10.2. The molecule has 0 radical (unpaired) electrons. The fourth-order valence-electron chi connectivity index (χ4n) is 1.63. The van der Waals surface area contributed by atoms with E-state index in [1.807, 2.05) is 6.07 Å². The maximum absolute atomic E-state index is 10.6. The highest BCUT2D eigenvalue weighted by Crippen LogP contribution is 2.16. The Labute approximate surface area is 126 Å². The zero-order chi connectivity index (χ0) is 15.2. The van der Waals surface area contributed by atoms with Crippen LogP contribution < -0.4 is 10.6 Å². The van der Waals surface area contributed by atoms with Crippen molar-refractivity contribution in [2.45, 2.75) is 0 Å². The first-order chi connectivity index (χ1) is 10.1. The van der Waals surface area contributed by atoms with Crippen molar-refractivity contribution in [2.24, 2.45) is 0 Å². The number of nitriles is 1. The maximum atomic E-state index is 10.6. The van der Waals surface area contributed by atoms with Gasteiger partial charge in [0.15, 0.2) is 5.11 Å². The third kappa shape index (κ3) is 3.99. The van der Waals surface area contributed by atoms with Gasteiger partial charge in [0.05, 0.1) is 16.6 Å². The molecule has 0 fully saturated rings. The Morgan fingerprint density at radius 1 is 1.14 bits per heavy atom. The molecule has 2 rings (SSSR count). The van der Waals surface area contributed by atoms with Gasteiger partial charge < -0.3 is 10.6 Å². The summed E-state index contributed by atoms with van der Waals surface area (Å²) in [6.45, 7) is 0. The lowest BCUT2D eigenvalue weighted by Gasteiger charge is -2.10. The van der Waals surface area contributed by atoms with E-state index in [-0.39, 0.29) is 5.69 Å². The molecule has 0 bridgehead atoms. The van der Waals surface area contributed by atoms with E-state index in [2.05, 4.69) is 10.6 Å². The number of nitro groups is 1. The topological polar surface area (TPSA) is 91.0 Å². The van der Waals surface area contributed by atoms with Gasteiger partial charge in [0.25, 0.3) is 5.69 Å². The first kappa shape index (κ1) is 14.4. The van der Waals surface area contributed by atoms with Crippen molar-refractivity contribution in [2.75, 3.05) is 10.6 Å². The Morgan fingerprint density at radius 2 is 1.81 bits per heavy atom. The average Bonchev–Trinajstić information content (AvgIpc) is 2.47. The normalized spacial score (nSPS) is 9.48. The molecule has 7 heteroatoms. The van der Waals surface area contributed by atoms with Crippen LogP contribution in [0.1, 0.15) is 5.56 Å². The van der Waals surface area contributed by atoms with E-state index >= 15 is 0 Å². The number of rotatable bonds is 3. The standard InChI is InChI=1S/C14H10N4O2S/c15-9-10-2-1-3-12(8-10)17-14(21)16-11-4-6-13(7-5-11)18(19)20/h1-8H,(H2,16,17,21). The zero-order valence-electron chi connectivity index (χ0n) is 10.7. The van der Waals surface area contributed by atoms with Gasteiger partial charge in [0.1, 0.15) is 0 Å². The van der Waals surface area contributed by atoms with Crippen LogP contribution in [0.2, 0.25) is 0 Å². The predicted molar refractivity (Wildman–Crippen MR) is 84.1 cm³/mol. The first-order valence-electron chi connectivity index (χ1n) is 5.91. The van der Waals surface area contributed by atoms with Gasteiger partial charge in [-0.15, -0.1) is 0 Å². The van der Waals surface area contributed by atoms with E-state index in [1.165, 1.54) is 12.1 Å². The van der Waals surface area contributed by atoms with Gasteiger partial charge in [-0.25, -0.2) is 0 Å². The van der Waals surface area contributed by atoms with Crippen LogP contribution in [0.3, 0.4) is 0 Å². The van der Waals surface area contributed by atoms with Crippen molar-refractivity contribution >= 4 is 34.4 Å². The highest BCUT2D eigenvalue weighted by molar-refractivity contribution is 7.80. The minimum Gasteiger partial charge on any atom is -0.332 e. The number of hydrogen-bond acceptors (Lipinski definition) is 4. The van der Waals surface area contributed by atoms with Crippen LogP contribution in [-0.4, -0.2) is 10.0 Å². The summed E-state index contributed by atoms with van der Waals surface area (Å²) >= 11 is 5.14.